The molecule has 110 valence electrons. The molecule has 2 heterocycles. The molecule has 0 saturated carbocycles. The van der Waals surface area contributed by atoms with Crippen molar-refractivity contribution in [3.8, 4) is 11.4 Å². The standard InChI is InChI=1S/C19H19N3/c1-15(16-8-3-2-4-9-16)21-14-17-10-7-12-19(22-17)18-11-5-6-13-20-18/h2-13,15,21H,14H2,1H3/t15-/m0/s1. The van der Waals surface area contributed by atoms with Gasteiger partial charge in [0.15, 0.2) is 0 Å². The normalized spacial score (nSPS) is 12.0. The molecule has 3 heteroatoms. The highest BCUT2D eigenvalue weighted by Gasteiger charge is 2.06. The highest BCUT2D eigenvalue weighted by molar-refractivity contribution is 5.53. The van der Waals surface area contributed by atoms with Crippen LogP contribution in [-0.4, -0.2) is 9.97 Å². The van der Waals surface area contributed by atoms with Gasteiger partial charge < -0.3 is 5.32 Å². The number of hydrogen-bond donors (Lipinski definition) is 1. The van der Waals surface area contributed by atoms with Gasteiger partial charge in [-0.05, 0) is 36.8 Å². The lowest BCUT2D eigenvalue weighted by atomic mass is 10.1. The third-order valence-corrected chi connectivity index (χ3v) is 3.62. The molecule has 0 bridgehead atoms. The first-order valence-electron chi connectivity index (χ1n) is 7.48. The molecule has 22 heavy (non-hydrogen) atoms. The van der Waals surface area contributed by atoms with Crippen molar-refractivity contribution >= 4 is 0 Å². The molecule has 0 saturated heterocycles. The van der Waals surface area contributed by atoms with Crippen molar-refractivity contribution in [1.82, 2.24) is 15.3 Å². The maximum atomic E-state index is 4.68. The van der Waals surface area contributed by atoms with Crippen molar-refractivity contribution in [2.45, 2.75) is 19.5 Å². The first kappa shape index (κ1) is 14.4. The summed E-state index contributed by atoms with van der Waals surface area (Å²) >= 11 is 0. The summed E-state index contributed by atoms with van der Waals surface area (Å²) in [4.78, 5) is 9.03. The Balaban J connectivity index is 1.69. The largest absolute Gasteiger partial charge is 0.305 e. The minimum atomic E-state index is 0.293. The molecular weight excluding hydrogens is 270 g/mol. The molecule has 0 fully saturated rings. The van der Waals surface area contributed by atoms with E-state index in [1.807, 2.05) is 42.5 Å². The summed E-state index contributed by atoms with van der Waals surface area (Å²) in [5.41, 5.74) is 4.11. The van der Waals surface area contributed by atoms with E-state index in [1.54, 1.807) is 6.20 Å². The molecule has 2 aromatic heterocycles. The topological polar surface area (TPSA) is 37.8 Å². The molecule has 3 rings (SSSR count). The highest BCUT2D eigenvalue weighted by Crippen LogP contribution is 2.15. The van der Waals surface area contributed by atoms with Crippen LogP contribution in [-0.2, 0) is 6.54 Å². The van der Waals surface area contributed by atoms with Gasteiger partial charge in [0.2, 0.25) is 0 Å². The molecule has 0 aliphatic heterocycles. The molecule has 3 aromatic rings. The minimum Gasteiger partial charge on any atom is -0.305 e. The second-order valence-electron chi connectivity index (χ2n) is 5.24. The first-order valence-corrected chi connectivity index (χ1v) is 7.48. The fraction of sp³-hybridized carbons (Fsp3) is 0.158. The maximum Gasteiger partial charge on any atom is 0.0890 e. The van der Waals surface area contributed by atoms with E-state index in [4.69, 9.17) is 0 Å². The monoisotopic (exact) mass is 289 g/mol. The summed E-state index contributed by atoms with van der Waals surface area (Å²) < 4.78 is 0. The predicted octanol–water partition coefficient (Wildman–Crippen LogP) is 3.99. The Labute approximate surface area is 131 Å². The van der Waals surface area contributed by atoms with Gasteiger partial charge in [-0.25, -0.2) is 4.98 Å². The van der Waals surface area contributed by atoms with Gasteiger partial charge in [0.1, 0.15) is 0 Å². The van der Waals surface area contributed by atoms with E-state index >= 15 is 0 Å². The molecule has 3 nitrogen and oxygen atoms in total. The molecule has 0 spiro atoms. The van der Waals surface area contributed by atoms with Crippen LogP contribution in [0.25, 0.3) is 11.4 Å². The van der Waals surface area contributed by atoms with Crippen molar-refractivity contribution in [3.05, 3.63) is 84.2 Å². The van der Waals surface area contributed by atoms with E-state index < -0.39 is 0 Å². The average Bonchev–Trinajstić information content (AvgIpc) is 2.61. The van der Waals surface area contributed by atoms with E-state index in [9.17, 15) is 0 Å². The number of rotatable bonds is 5. The smallest absolute Gasteiger partial charge is 0.0890 e. The van der Waals surface area contributed by atoms with Crippen LogP contribution in [0.3, 0.4) is 0 Å². The molecule has 0 radical (unpaired) electrons. The SMILES string of the molecule is C[C@H](NCc1cccc(-c2ccccn2)n1)c1ccccc1. The van der Waals surface area contributed by atoms with Crippen LogP contribution in [0.15, 0.2) is 72.9 Å². The van der Waals surface area contributed by atoms with Gasteiger partial charge in [-0.2, -0.15) is 0 Å². The fourth-order valence-corrected chi connectivity index (χ4v) is 2.35. The third kappa shape index (κ3) is 3.57. The van der Waals surface area contributed by atoms with Crippen LogP contribution in [0.1, 0.15) is 24.2 Å². The van der Waals surface area contributed by atoms with Crippen molar-refractivity contribution < 1.29 is 0 Å². The Morgan fingerprint density at radius 2 is 1.64 bits per heavy atom. The van der Waals surface area contributed by atoms with Gasteiger partial charge in [-0.3, -0.25) is 4.98 Å². The lowest BCUT2D eigenvalue weighted by Gasteiger charge is -2.14. The zero-order valence-electron chi connectivity index (χ0n) is 12.6. The van der Waals surface area contributed by atoms with Gasteiger partial charge >= 0.3 is 0 Å². The number of nitrogens with one attached hydrogen (secondary N) is 1. The van der Waals surface area contributed by atoms with E-state index in [0.29, 0.717) is 6.04 Å². The Morgan fingerprint density at radius 3 is 2.41 bits per heavy atom. The second kappa shape index (κ2) is 6.96. The molecule has 1 N–H and O–H groups in total. The van der Waals surface area contributed by atoms with Crippen LogP contribution >= 0.6 is 0 Å². The quantitative estimate of drug-likeness (QED) is 0.771. The van der Waals surface area contributed by atoms with Crippen LogP contribution in [0.2, 0.25) is 0 Å². The van der Waals surface area contributed by atoms with Crippen molar-refractivity contribution in [3.63, 3.8) is 0 Å². The molecular formula is C19H19N3. The lowest BCUT2D eigenvalue weighted by molar-refractivity contribution is 0.568. The number of pyridine rings is 2. The van der Waals surface area contributed by atoms with Crippen LogP contribution in [0.4, 0.5) is 0 Å². The molecule has 1 aromatic carbocycles. The Hall–Kier alpha value is -2.52. The van der Waals surface area contributed by atoms with E-state index in [2.05, 4.69) is 46.5 Å². The lowest BCUT2D eigenvalue weighted by Crippen LogP contribution is -2.18. The van der Waals surface area contributed by atoms with Crippen molar-refractivity contribution in [1.29, 1.82) is 0 Å². The zero-order chi connectivity index (χ0) is 15.2. The van der Waals surface area contributed by atoms with Crippen LogP contribution in [0.5, 0.6) is 0 Å². The van der Waals surface area contributed by atoms with Crippen molar-refractivity contribution in [2.75, 3.05) is 0 Å². The summed E-state index contributed by atoms with van der Waals surface area (Å²) in [6.07, 6.45) is 1.79. The Kier molecular flexibility index (Phi) is 4.56. The third-order valence-electron chi connectivity index (χ3n) is 3.62. The number of aromatic nitrogens is 2. The molecule has 1 atom stereocenters. The number of hydrogen-bond acceptors (Lipinski definition) is 3. The summed E-state index contributed by atoms with van der Waals surface area (Å²) in [6, 6.07) is 22.7. The fourth-order valence-electron chi connectivity index (χ4n) is 2.35. The zero-order valence-corrected chi connectivity index (χ0v) is 12.6. The summed E-state index contributed by atoms with van der Waals surface area (Å²) in [7, 11) is 0. The summed E-state index contributed by atoms with van der Waals surface area (Å²) in [6.45, 7) is 2.90. The molecule has 0 amide bonds. The van der Waals surface area contributed by atoms with E-state index in [0.717, 1.165) is 23.6 Å². The Morgan fingerprint density at radius 1 is 0.864 bits per heavy atom. The van der Waals surface area contributed by atoms with Crippen LogP contribution < -0.4 is 5.32 Å². The van der Waals surface area contributed by atoms with Gasteiger partial charge in [0.05, 0.1) is 17.1 Å². The van der Waals surface area contributed by atoms with Gasteiger partial charge in [0.25, 0.3) is 0 Å². The van der Waals surface area contributed by atoms with E-state index in [-0.39, 0.29) is 0 Å². The maximum absolute atomic E-state index is 4.68. The van der Waals surface area contributed by atoms with Gasteiger partial charge in [-0.15, -0.1) is 0 Å². The molecule has 0 aliphatic carbocycles. The Bertz CT molecular complexity index is 711. The molecule has 0 unspecified atom stereocenters. The minimum absolute atomic E-state index is 0.293. The van der Waals surface area contributed by atoms with Crippen LogP contribution in [0, 0.1) is 0 Å². The van der Waals surface area contributed by atoms with Gasteiger partial charge in [0, 0.05) is 18.8 Å². The summed E-state index contributed by atoms with van der Waals surface area (Å²) in [5.74, 6) is 0. The van der Waals surface area contributed by atoms with E-state index in [1.165, 1.54) is 5.56 Å². The number of benzene rings is 1. The van der Waals surface area contributed by atoms with Gasteiger partial charge in [-0.1, -0.05) is 42.5 Å². The average molecular weight is 289 g/mol. The first-order chi connectivity index (χ1) is 10.8. The number of nitrogens with zero attached hydrogens (tertiary/aromatic N) is 2. The predicted molar refractivity (Wildman–Crippen MR) is 89.2 cm³/mol. The highest BCUT2D eigenvalue weighted by atomic mass is 14.9. The summed E-state index contributed by atoms with van der Waals surface area (Å²) in [5, 5.41) is 3.51. The molecule has 0 aliphatic rings. The second-order valence-corrected chi connectivity index (χ2v) is 5.24. The van der Waals surface area contributed by atoms with Crippen molar-refractivity contribution in [2.24, 2.45) is 0 Å².